The maximum Gasteiger partial charge on any atom is 0.0924 e. The van der Waals surface area contributed by atoms with E-state index < -0.39 is 5.60 Å². The van der Waals surface area contributed by atoms with E-state index in [1.165, 1.54) is 0 Å². The minimum Gasteiger partial charge on any atom is -0.385 e. The van der Waals surface area contributed by atoms with Crippen LogP contribution in [-0.2, 0) is 12.0 Å². The zero-order valence-corrected chi connectivity index (χ0v) is 12.6. The summed E-state index contributed by atoms with van der Waals surface area (Å²) in [6, 6.07) is 12.2. The molecule has 0 fully saturated rings. The molecule has 0 aliphatic rings. The standard InChI is InChI=1S/C17H24N2O/c1-4-16(5-2)19-12-11-15(18-19)13-17(3,20)14-9-7-6-8-10-14/h6-12,16,20H,4-5,13H2,1-3H3. The molecular weight excluding hydrogens is 248 g/mol. The third-order valence-electron chi connectivity index (χ3n) is 3.90. The van der Waals surface area contributed by atoms with E-state index in [1.54, 1.807) is 0 Å². The third kappa shape index (κ3) is 3.28. The van der Waals surface area contributed by atoms with Crippen molar-refractivity contribution >= 4 is 0 Å². The lowest BCUT2D eigenvalue weighted by Gasteiger charge is -2.23. The highest BCUT2D eigenvalue weighted by Crippen LogP contribution is 2.25. The molecule has 20 heavy (non-hydrogen) atoms. The van der Waals surface area contributed by atoms with Gasteiger partial charge in [0.1, 0.15) is 0 Å². The Bertz CT molecular complexity index is 527. The monoisotopic (exact) mass is 272 g/mol. The van der Waals surface area contributed by atoms with E-state index in [4.69, 9.17) is 0 Å². The third-order valence-corrected chi connectivity index (χ3v) is 3.90. The quantitative estimate of drug-likeness (QED) is 0.870. The molecule has 1 atom stereocenters. The molecule has 0 saturated carbocycles. The van der Waals surface area contributed by atoms with Gasteiger partial charge in [-0.15, -0.1) is 0 Å². The maximum absolute atomic E-state index is 10.7. The summed E-state index contributed by atoms with van der Waals surface area (Å²) in [5.41, 5.74) is 0.983. The normalized spacial score (nSPS) is 14.4. The maximum atomic E-state index is 10.7. The van der Waals surface area contributed by atoms with Gasteiger partial charge in [-0.05, 0) is 31.4 Å². The van der Waals surface area contributed by atoms with Crippen molar-refractivity contribution < 1.29 is 5.11 Å². The lowest BCUT2D eigenvalue weighted by atomic mass is 9.91. The Morgan fingerprint density at radius 1 is 1.15 bits per heavy atom. The number of hydrogen-bond donors (Lipinski definition) is 1. The van der Waals surface area contributed by atoms with Crippen LogP contribution in [0.2, 0.25) is 0 Å². The van der Waals surface area contributed by atoms with Crippen LogP contribution in [-0.4, -0.2) is 14.9 Å². The van der Waals surface area contributed by atoms with Gasteiger partial charge in [-0.3, -0.25) is 4.68 Å². The van der Waals surface area contributed by atoms with E-state index >= 15 is 0 Å². The topological polar surface area (TPSA) is 38.0 Å². The van der Waals surface area contributed by atoms with Gasteiger partial charge in [-0.1, -0.05) is 44.2 Å². The number of rotatable bonds is 6. The summed E-state index contributed by atoms with van der Waals surface area (Å²) in [7, 11) is 0. The van der Waals surface area contributed by atoms with Crippen LogP contribution in [0.5, 0.6) is 0 Å². The van der Waals surface area contributed by atoms with Crippen molar-refractivity contribution in [3.05, 3.63) is 53.9 Å². The Morgan fingerprint density at radius 2 is 1.80 bits per heavy atom. The van der Waals surface area contributed by atoms with Gasteiger partial charge < -0.3 is 5.11 Å². The summed E-state index contributed by atoms with van der Waals surface area (Å²) in [4.78, 5) is 0. The highest BCUT2D eigenvalue weighted by atomic mass is 16.3. The molecule has 2 rings (SSSR count). The smallest absolute Gasteiger partial charge is 0.0924 e. The summed E-state index contributed by atoms with van der Waals surface area (Å²) in [5, 5.41) is 15.3. The molecular formula is C17H24N2O. The van der Waals surface area contributed by atoms with Gasteiger partial charge in [0.05, 0.1) is 17.3 Å². The fourth-order valence-electron chi connectivity index (χ4n) is 2.59. The van der Waals surface area contributed by atoms with Crippen LogP contribution in [0.3, 0.4) is 0 Å². The van der Waals surface area contributed by atoms with Crippen molar-refractivity contribution in [1.82, 2.24) is 9.78 Å². The van der Waals surface area contributed by atoms with E-state index in [2.05, 4.69) is 18.9 Å². The largest absolute Gasteiger partial charge is 0.385 e. The first-order chi connectivity index (χ1) is 9.56. The molecule has 108 valence electrons. The van der Waals surface area contributed by atoms with Gasteiger partial charge in [-0.2, -0.15) is 5.10 Å². The number of nitrogens with zero attached hydrogens (tertiary/aromatic N) is 2. The Hall–Kier alpha value is -1.61. The second kappa shape index (κ2) is 6.23. The zero-order valence-electron chi connectivity index (χ0n) is 12.6. The molecule has 0 radical (unpaired) electrons. The predicted octanol–water partition coefficient (Wildman–Crippen LogP) is 3.69. The predicted molar refractivity (Wildman–Crippen MR) is 81.6 cm³/mol. The second-order valence-electron chi connectivity index (χ2n) is 5.57. The minimum absolute atomic E-state index is 0.449. The van der Waals surface area contributed by atoms with Crippen molar-refractivity contribution in [2.24, 2.45) is 0 Å². The fraction of sp³-hybridized carbons (Fsp3) is 0.471. The first kappa shape index (κ1) is 14.8. The fourth-order valence-corrected chi connectivity index (χ4v) is 2.59. The van der Waals surface area contributed by atoms with Crippen molar-refractivity contribution in [2.75, 3.05) is 0 Å². The summed E-state index contributed by atoms with van der Waals surface area (Å²) in [5.74, 6) is 0. The van der Waals surface area contributed by atoms with Crippen molar-refractivity contribution in [2.45, 2.75) is 51.7 Å². The Balaban J connectivity index is 2.14. The van der Waals surface area contributed by atoms with Crippen LogP contribution in [0.25, 0.3) is 0 Å². The highest BCUT2D eigenvalue weighted by molar-refractivity contribution is 5.23. The van der Waals surface area contributed by atoms with Crippen LogP contribution in [0, 0.1) is 0 Å². The van der Waals surface area contributed by atoms with Crippen LogP contribution >= 0.6 is 0 Å². The molecule has 3 heteroatoms. The SMILES string of the molecule is CCC(CC)n1ccc(CC(C)(O)c2ccccc2)n1. The molecule has 0 aliphatic heterocycles. The van der Waals surface area contributed by atoms with Crippen LogP contribution in [0.15, 0.2) is 42.6 Å². The number of aromatic nitrogens is 2. The van der Waals surface area contributed by atoms with E-state index in [0.717, 1.165) is 24.1 Å². The molecule has 1 N–H and O–H groups in total. The Kier molecular flexibility index (Phi) is 4.61. The second-order valence-corrected chi connectivity index (χ2v) is 5.57. The Labute approximate surface area is 121 Å². The molecule has 0 saturated heterocycles. The van der Waals surface area contributed by atoms with Gasteiger partial charge in [0, 0.05) is 12.6 Å². The molecule has 0 spiro atoms. The van der Waals surface area contributed by atoms with E-state index in [0.29, 0.717) is 12.5 Å². The highest BCUT2D eigenvalue weighted by Gasteiger charge is 2.24. The molecule has 1 unspecified atom stereocenters. The van der Waals surface area contributed by atoms with E-state index in [9.17, 15) is 5.11 Å². The summed E-state index contributed by atoms with van der Waals surface area (Å²) < 4.78 is 2.02. The molecule has 1 heterocycles. The lowest BCUT2D eigenvalue weighted by Crippen LogP contribution is -2.24. The van der Waals surface area contributed by atoms with Crippen LogP contribution in [0.4, 0.5) is 0 Å². The van der Waals surface area contributed by atoms with Gasteiger partial charge in [-0.25, -0.2) is 0 Å². The van der Waals surface area contributed by atoms with E-state index in [-0.39, 0.29) is 0 Å². The van der Waals surface area contributed by atoms with Crippen molar-refractivity contribution in [3.63, 3.8) is 0 Å². The molecule has 1 aromatic heterocycles. The van der Waals surface area contributed by atoms with Gasteiger partial charge in [0.25, 0.3) is 0 Å². The van der Waals surface area contributed by atoms with Gasteiger partial charge >= 0.3 is 0 Å². The molecule has 0 bridgehead atoms. The Morgan fingerprint density at radius 3 is 2.40 bits per heavy atom. The average molecular weight is 272 g/mol. The number of benzene rings is 1. The summed E-state index contributed by atoms with van der Waals surface area (Å²) in [6.45, 7) is 6.20. The molecule has 1 aromatic carbocycles. The van der Waals surface area contributed by atoms with Crippen molar-refractivity contribution in [1.29, 1.82) is 0 Å². The lowest BCUT2D eigenvalue weighted by molar-refractivity contribution is 0.0563. The molecule has 2 aromatic rings. The molecule has 0 amide bonds. The molecule has 3 nitrogen and oxygen atoms in total. The first-order valence-electron chi connectivity index (χ1n) is 7.38. The van der Waals surface area contributed by atoms with E-state index in [1.807, 2.05) is 54.2 Å². The van der Waals surface area contributed by atoms with Crippen LogP contribution < -0.4 is 0 Å². The first-order valence-corrected chi connectivity index (χ1v) is 7.38. The summed E-state index contributed by atoms with van der Waals surface area (Å²) >= 11 is 0. The average Bonchev–Trinajstić information content (AvgIpc) is 2.89. The summed E-state index contributed by atoms with van der Waals surface area (Å²) in [6.07, 6.45) is 4.71. The van der Waals surface area contributed by atoms with Crippen molar-refractivity contribution in [3.8, 4) is 0 Å². The van der Waals surface area contributed by atoms with Gasteiger partial charge in [0.2, 0.25) is 0 Å². The van der Waals surface area contributed by atoms with Gasteiger partial charge in [0.15, 0.2) is 0 Å². The number of hydrogen-bond acceptors (Lipinski definition) is 2. The van der Waals surface area contributed by atoms with Crippen LogP contribution in [0.1, 0.15) is 50.9 Å². The molecule has 0 aliphatic carbocycles. The zero-order chi connectivity index (χ0) is 14.6. The number of aliphatic hydroxyl groups is 1. The minimum atomic E-state index is -0.881.